The van der Waals surface area contributed by atoms with E-state index in [4.69, 9.17) is 9.72 Å². The number of rotatable bonds is 9. The number of nitrogens with one attached hydrogen (secondary N) is 1. The Morgan fingerprint density at radius 1 is 1.09 bits per heavy atom. The van der Waals surface area contributed by atoms with E-state index in [1.807, 2.05) is 76.0 Å². The predicted octanol–water partition coefficient (Wildman–Crippen LogP) is 5.14. The van der Waals surface area contributed by atoms with Gasteiger partial charge in [0.15, 0.2) is 0 Å². The average Bonchev–Trinajstić information content (AvgIpc) is 3.19. The van der Waals surface area contributed by atoms with Crippen LogP contribution < -0.4 is 5.32 Å². The van der Waals surface area contributed by atoms with Gasteiger partial charge < -0.3 is 10.1 Å². The third-order valence-corrected chi connectivity index (χ3v) is 6.67. The van der Waals surface area contributed by atoms with Crippen LogP contribution in [0.25, 0.3) is 22.4 Å². The summed E-state index contributed by atoms with van der Waals surface area (Å²) in [5, 5.41) is 7.40. The fourth-order valence-corrected chi connectivity index (χ4v) is 4.13. The van der Waals surface area contributed by atoms with E-state index in [0.29, 0.717) is 12.2 Å². The van der Waals surface area contributed by atoms with Crippen LogP contribution in [0.5, 0.6) is 0 Å². The van der Waals surface area contributed by atoms with Crippen molar-refractivity contribution in [3.63, 3.8) is 0 Å². The van der Waals surface area contributed by atoms with Crippen LogP contribution >= 0.6 is 0 Å². The van der Waals surface area contributed by atoms with E-state index in [-0.39, 0.29) is 11.9 Å². The second kappa shape index (κ2) is 10.8. The lowest BCUT2D eigenvalue weighted by Crippen LogP contribution is -2.30. The molecular formula is C28H36N4O3. The van der Waals surface area contributed by atoms with Gasteiger partial charge in [0, 0.05) is 30.4 Å². The maximum atomic E-state index is 13.0. The van der Waals surface area contributed by atoms with Gasteiger partial charge >= 0.3 is 5.97 Å². The van der Waals surface area contributed by atoms with Crippen molar-refractivity contribution < 1.29 is 14.3 Å². The number of pyridine rings is 1. The molecule has 1 amide bonds. The Morgan fingerprint density at radius 3 is 2.34 bits per heavy atom. The molecule has 0 bridgehead atoms. The number of amides is 1. The number of carbonyl (C=O) groups excluding carboxylic acids is 2. The number of hydrogen-bond acceptors (Lipinski definition) is 5. The molecule has 7 heteroatoms. The summed E-state index contributed by atoms with van der Waals surface area (Å²) >= 11 is 0. The normalized spacial score (nSPS) is 11.4. The first-order chi connectivity index (χ1) is 16.6. The Morgan fingerprint density at radius 2 is 1.77 bits per heavy atom. The first kappa shape index (κ1) is 26.1. The molecule has 2 heterocycles. The Kier molecular flexibility index (Phi) is 8.10. The number of aromatic nitrogens is 3. The number of carbonyl (C=O) groups is 2. The van der Waals surface area contributed by atoms with Crippen molar-refractivity contribution in [2.24, 2.45) is 7.05 Å². The summed E-state index contributed by atoms with van der Waals surface area (Å²) in [4.78, 5) is 30.0. The Balaban J connectivity index is 2.08. The molecule has 1 aromatic carbocycles. The number of unbranched alkanes of at least 4 members (excludes halogenated alkanes) is 2. The molecule has 0 saturated carbocycles. The summed E-state index contributed by atoms with van der Waals surface area (Å²) in [5.41, 5.74) is 5.92. The first-order valence-electron chi connectivity index (χ1n) is 12.1. The molecule has 0 spiro atoms. The molecule has 0 aliphatic rings. The van der Waals surface area contributed by atoms with Gasteiger partial charge in [0.05, 0.1) is 24.4 Å². The van der Waals surface area contributed by atoms with Crippen LogP contribution in [0.2, 0.25) is 0 Å². The van der Waals surface area contributed by atoms with Crippen molar-refractivity contribution in [2.75, 3.05) is 13.7 Å². The summed E-state index contributed by atoms with van der Waals surface area (Å²) in [5.74, 6) is -0.482. The zero-order valence-corrected chi connectivity index (χ0v) is 21.9. The highest BCUT2D eigenvalue weighted by molar-refractivity contribution is 5.95. The van der Waals surface area contributed by atoms with Crippen LogP contribution in [0.3, 0.4) is 0 Å². The van der Waals surface area contributed by atoms with Crippen molar-refractivity contribution >= 4 is 11.9 Å². The molecule has 1 N–H and O–H groups in total. The highest BCUT2D eigenvalue weighted by Crippen LogP contribution is 2.34. The minimum Gasteiger partial charge on any atom is -0.468 e. The van der Waals surface area contributed by atoms with Crippen LogP contribution in [-0.2, 0) is 22.0 Å². The van der Waals surface area contributed by atoms with Gasteiger partial charge in [0.2, 0.25) is 0 Å². The Hall–Kier alpha value is -3.48. The Bertz CT molecular complexity index is 1210. The van der Waals surface area contributed by atoms with E-state index in [2.05, 4.69) is 17.3 Å². The maximum Gasteiger partial charge on any atom is 0.315 e. The highest BCUT2D eigenvalue weighted by Gasteiger charge is 2.31. The van der Waals surface area contributed by atoms with Gasteiger partial charge in [0.25, 0.3) is 5.91 Å². The quantitative estimate of drug-likeness (QED) is 0.341. The van der Waals surface area contributed by atoms with E-state index < -0.39 is 5.41 Å². The molecular weight excluding hydrogens is 440 g/mol. The molecule has 0 atom stereocenters. The van der Waals surface area contributed by atoms with Crippen molar-refractivity contribution in [1.82, 2.24) is 20.1 Å². The number of esters is 1. The van der Waals surface area contributed by atoms with Crippen molar-refractivity contribution in [3.8, 4) is 22.4 Å². The van der Waals surface area contributed by atoms with Crippen LogP contribution in [0, 0.1) is 13.8 Å². The fraction of sp³-hybridized carbons (Fsp3) is 0.429. The SMILES string of the molecule is CCCCCNC(=O)c1cc(-c2cnn(C)c2C)c(C)c(-c2ccc(C(C)(C)C(=O)OC)cc2)n1. The molecule has 35 heavy (non-hydrogen) atoms. The standard InChI is InChI=1S/C28H36N4O3/c1-8-9-10-15-29-26(33)24-16-22(23-17-30-32(6)19(23)3)18(2)25(31-24)20-11-13-21(14-12-20)28(4,5)27(34)35-7/h11-14,16-17H,8-10,15H2,1-7H3,(H,29,33). The van der Waals surface area contributed by atoms with Gasteiger partial charge in [-0.1, -0.05) is 44.0 Å². The van der Waals surface area contributed by atoms with E-state index in [9.17, 15) is 9.59 Å². The lowest BCUT2D eigenvalue weighted by atomic mass is 9.84. The van der Waals surface area contributed by atoms with Gasteiger partial charge in [-0.05, 0) is 56.9 Å². The molecule has 3 aromatic rings. The van der Waals surface area contributed by atoms with E-state index in [1.54, 1.807) is 0 Å². The highest BCUT2D eigenvalue weighted by atomic mass is 16.5. The summed E-state index contributed by atoms with van der Waals surface area (Å²) in [6.45, 7) is 10.5. The van der Waals surface area contributed by atoms with Crippen LogP contribution in [0.4, 0.5) is 0 Å². The molecule has 0 aliphatic heterocycles. The van der Waals surface area contributed by atoms with Gasteiger partial charge in [-0.25, -0.2) is 4.98 Å². The molecule has 2 aromatic heterocycles. The average molecular weight is 477 g/mol. The van der Waals surface area contributed by atoms with Gasteiger partial charge in [0.1, 0.15) is 5.69 Å². The molecule has 0 saturated heterocycles. The van der Waals surface area contributed by atoms with E-state index in [1.165, 1.54) is 7.11 Å². The van der Waals surface area contributed by atoms with Gasteiger partial charge in [-0.15, -0.1) is 0 Å². The van der Waals surface area contributed by atoms with Gasteiger partial charge in [-0.3, -0.25) is 14.3 Å². The largest absolute Gasteiger partial charge is 0.468 e. The van der Waals surface area contributed by atoms with E-state index in [0.717, 1.165) is 58.5 Å². The second-order valence-corrected chi connectivity index (χ2v) is 9.45. The summed E-state index contributed by atoms with van der Waals surface area (Å²) in [6.07, 6.45) is 4.93. The smallest absolute Gasteiger partial charge is 0.315 e. The van der Waals surface area contributed by atoms with Crippen LogP contribution in [0.1, 0.15) is 67.3 Å². The monoisotopic (exact) mass is 476 g/mol. The van der Waals surface area contributed by atoms with Crippen LogP contribution in [-0.4, -0.2) is 40.3 Å². The van der Waals surface area contributed by atoms with Crippen molar-refractivity contribution in [1.29, 1.82) is 0 Å². The number of hydrogen-bond donors (Lipinski definition) is 1. The minimum atomic E-state index is -0.770. The summed E-state index contributed by atoms with van der Waals surface area (Å²) in [7, 11) is 3.30. The summed E-state index contributed by atoms with van der Waals surface area (Å²) < 4.78 is 6.79. The fourth-order valence-electron chi connectivity index (χ4n) is 4.13. The van der Waals surface area contributed by atoms with Crippen molar-refractivity contribution in [2.45, 2.75) is 59.3 Å². The maximum absolute atomic E-state index is 13.0. The number of benzene rings is 1. The number of methoxy groups -OCH3 is 1. The molecule has 7 nitrogen and oxygen atoms in total. The Labute approximate surface area is 207 Å². The topological polar surface area (TPSA) is 86.1 Å². The third-order valence-electron chi connectivity index (χ3n) is 6.67. The molecule has 0 unspecified atom stereocenters. The lowest BCUT2D eigenvalue weighted by molar-refractivity contribution is -0.146. The number of ether oxygens (including phenoxy) is 1. The molecule has 0 aliphatic carbocycles. The van der Waals surface area contributed by atoms with E-state index >= 15 is 0 Å². The third kappa shape index (κ3) is 5.45. The van der Waals surface area contributed by atoms with Gasteiger partial charge in [-0.2, -0.15) is 5.10 Å². The first-order valence-corrected chi connectivity index (χ1v) is 12.1. The molecule has 0 fully saturated rings. The van der Waals surface area contributed by atoms with Crippen LogP contribution in [0.15, 0.2) is 36.5 Å². The van der Waals surface area contributed by atoms with Crippen molar-refractivity contribution in [3.05, 3.63) is 59.0 Å². The second-order valence-electron chi connectivity index (χ2n) is 9.45. The molecule has 186 valence electrons. The molecule has 0 radical (unpaired) electrons. The number of nitrogens with zero attached hydrogens (tertiary/aromatic N) is 3. The summed E-state index contributed by atoms with van der Waals surface area (Å²) in [6, 6.07) is 9.57. The zero-order chi connectivity index (χ0) is 25.8. The lowest BCUT2D eigenvalue weighted by Gasteiger charge is -2.22. The molecule has 3 rings (SSSR count). The predicted molar refractivity (Wildman–Crippen MR) is 138 cm³/mol. The number of aryl methyl sites for hydroxylation is 1. The minimum absolute atomic E-state index is 0.186. The zero-order valence-electron chi connectivity index (χ0n) is 21.9.